The van der Waals surface area contributed by atoms with Gasteiger partial charge in [0.25, 0.3) is 5.91 Å². The maximum Gasteiger partial charge on any atom is 0.265 e. The Bertz CT molecular complexity index is 1280. The molecule has 0 radical (unpaired) electrons. The number of carbonyl (C=O) groups is 1. The molecule has 4 rings (SSSR count). The SMILES string of the molecule is Cc1cnc2c(c1)CC(c1cc(NC(=O)c3ccc(S(C)(=O)=O)s3)ccc1Cl)=N2. The van der Waals surface area contributed by atoms with Gasteiger partial charge < -0.3 is 5.32 Å². The minimum atomic E-state index is -3.34. The van der Waals surface area contributed by atoms with Gasteiger partial charge >= 0.3 is 0 Å². The highest BCUT2D eigenvalue weighted by Gasteiger charge is 2.20. The average Bonchev–Trinajstić information content (AvgIpc) is 3.29. The van der Waals surface area contributed by atoms with Crippen molar-refractivity contribution in [2.75, 3.05) is 11.6 Å². The number of halogens is 1. The number of anilines is 1. The molecule has 3 aromatic rings. The first-order valence-corrected chi connectivity index (χ1v) is 11.7. The maximum atomic E-state index is 12.5. The third-order valence-corrected chi connectivity index (χ3v) is 7.62. The normalized spacial score (nSPS) is 13.1. The maximum absolute atomic E-state index is 12.5. The van der Waals surface area contributed by atoms with Crippen LogP contribution in [0.2, 0.25) is 5.02 Å². The topological polar surface area (TPSA) is 88.5 Å². The second-order valence-corrected chi connectivity index (χ2v) is 10.5. The largest absolute Gasteiger partial charge is 0.321 e. The van der Waals surface area contributed by atoms with Crippen LogP contribution in [0.15, 0.2) is 51.8 Å². The number of hydrogen-bond acceptors (Lipinski definition) is 6. The van der Waals surface area contributed by atoms with E-state index < -0.39 is 9.84 Å². The number of nitrogens with zero attached hydrogens (tertiary/aromatic N) is 2. The summed E-state index contributed by atoms with van der Waals surface area (Å²) in [5, 5.41) is 3.32. The van der Waals surface area contributed by atoms with Crippen molar-refractivity contribution in [3.05, 3.63) is 69.2 Å². The third-order valence-electron chi connectivity index (χ3n) is 4.38. The van der Waals surface area contributed by atoms with E-state index in [1.165, 1.54) is 12.1 Å². The first-order chi connectivity index (χ1) is 13.7. The first-order valence-electron chi connectivity index (χ1n) is 8.65. The lowest BCUT2D eigenvalue weighted by molar-refractivity contribution is 0.103. The predicted octanol–water partition coefficient (Wildman–Crippen LogP) is 4.44. The molecular weight excluding hydrogens is 430 g/mol. The number of benzene rings is 1. The van der Waals surface area contributed by atoms with Crippen molar-refractivity contribution in [3.63, 3.8) is 0 Å². The number of fused-ring (bicyclic) bond motifs is 1. The molecular formula is C20H16ClN3O3S2. The molecule has 148 valence electrons. The molecule has 0 fully saturated rings. The monoisotopic (exact) mass is 445 g/mol. The fourth-order valence-electron chi connectivity index (χ4n) is 3.01. The highest BCUT2D eigenvalue weighted by Crippen LogP contribution is 2.31. The van der Waals surface area contributed by atoms with Crippen molar-refractivity contribution in [1.82, 2.24) is 4.98 Å². The lowest BCUT2D eigenvalue weighted by atomic mass is 10.0. The van der Waals surface area contributed by atoms with Crippen molar-refractivity contribution in [2.24, 2.45) is 4.99 Å². The van der Waals surface area contributed by atoms with Gasteiger partial charge in [-0.2, -0.15) is 0 Å². The van der Waals surface area contributed by atoms with Crippen LogP contribution in [0.5, 0.6) is 0 Å². The van der Waals surface area contributed by atoms with E-state index in [1.807, 2.05) is 6.92 Å². The molecule has 6 nitrogen and oxygen atoms in total. The van der Waals surface area contributed by atoms with E-state index >= 15 is 0 Å². The van der Waals surface area contributed by atoms with Gasteiger partial charge in [-0.05, 0) is 42.8 Å². The van der Waals surface area contributed by atoms with Gasteiger partial charge in [0.15, 0.2) is 15.7 Å². The minimum absolute atomic E-state index is 0.153. The predicted molar refractivity (Wildman–Crippen MR) is 116 cm³/mol. The number of thiophene rings is 1. The van der Waals surface area contributed by atoms with Crippen molar-refractivity contribution in [2.45, 2.75) is 17.6 Å². The van der Waals surface area contributed by atoms with E-state index in [2.05, 4.69) is 21.4 Å². The van der Waals surface area contributed by atoms with Crippen LogP contribution in [0, 0.1) is 6.92 Å². The van der Waals surface area contributed by atoms with Crippen LogP contribution >= 0.6 is 22.9 Å². The Morgan fingerprint density at radius 1 is 1.21 bits per heavy atom. The summed E-state index contributed by atoms with van der Waals surface area (Å²) in [6.07, 6.45) is 3.50. The highest BCUT2D eigenvalue weighted by atomic mass is 35.5. The van der Waals surface area contributed by atoms with Crippen LogP contribution in [-0.4, -0.2) is 31.3 Å². The summed E-state index contributed by atoms with van der Waals surface area (Å²) in [5.41, 5.74) is 4.17. The molecule has 29 heavy (non-hydrogen) atoms. The molecule has 0 unspecified atom stereocenters. The Morgan fingerprint density at radius 3 is 2.72 bits per heavy atom. The molecule has 1 aromatic carbocycles. The first kappa shape index (κ1) is 19.8. The Balaban J connectivity index is 1.58. The molecule has 0 spiro atoms. The summed E-state index contributed by atoms with van der Waals surface area (Å²) in [6.45, 7) is 1.98. The number of aliphatic imine (C=N–C) groups is 1. The van der Waals surface area contributed by atoms with E-state index in [0.29, 0.717) is 27.8 Å². The fraction of sp³-hybridized carbons (Fsp3) is 0.150. The Hall–Kier alpha value is -2.55. The quantitative estimate of drug-likeness (QED) is 0.643. The molecule has 0 bridgehead atoms. The fourth-order valence-corrected chi connectivity index (χ4v) is 5.06. The second kappa shape index (κ2) is 7.37. The molecule has 0 atom stereocenters. The van der Waals surface area contributed by atoms with E-state index in [9.17, 15) is 13.2 Å². The van der Waals surface area contributed by atoms with Gasteiger partial charge in [0.05, 0.1) is 10.6 Å². The number of nitrogens with one attached hydrogen (secondary N) is 1. The zero-order chi connectivity index (χ0) is 20.8. The minimum Gasteiger partial charge on any atom is -0.321 e. The Labute approximate surface area is 177 Å². The van der Waals surface area contributed by atoms with E-state index in [1.54, 1.807) is 24.4 Å². The van der Waals surface area contributed by atoms with Gasteiger partial charge in [-0.3, -0.25) is 4.79 Å². The standard InChI is InChI=1S/C20H16ClN3O3S2/c1-11-7-12-8-16(24-19(12)22-10-11)14-9-13(3-4-15(14)21)23-20(25)17-5-6-18(28-17)29(2,26)27/h3-7,9-10H,8H2,1-2H3,(H,23,25). The van der Waals surface area contributed by atoms with Crippen LogP contribution in [0.1, 0.15) is 26.4 Å². The van der Waals surface area contributed by atoms with Crippen LogP contribution < -0.4 is 5.32 Å². The van der Waals surface area contributed by atoms with Gasteiger partial charge in [-0.25, -0.2) is 18.4 Å². The van der Waals surface area contributed by atoms with Crippen LogP contribution in [0.3, 0.4) is 0 Å². The molecule has 1 amide bonds. The zero-order valence-electron chi connectivity index (χ0n) is 15.6. The molecule has 1 N–H and O–H groups in total. The van der Waals surface area contributed by atoms with Crippen LogP contribution in [-0.2, 0) is 16.3 Å². The van der Waals surface area contributed by atoms with Crippen molar-refractivity contribution >= 4 is 55.9 Å². The van der Waals surface area contributed by atoms with E-state index in [0.717, 1.165) is 40.0 Å². The number of pyridine rings is 1. The summed E-state index contributed by atoms with van der Waals surface area (Å²) < 4.78 is 23.4. The van der Waals surface area contributed by atoms with Gasteiger partial charge in [0.2, 0.25) is 0 Å². The Kier molecular flexibility index (Phi) is 5.02. The molecule has 0 saturated carbocycles. The van der Waals surface area contributed by atoms with Gasteiger partial charge in [0.1, 0.15) is 4.21 Å². The summed E-state index contributed by atoms with van der Waals surface area (Å²) >= 11 is 7.31. The summed E-state index contributed by atoms with van der Waals surface area (Å²) in [4.78, 5) is 21.8. The average molecular weight is 446 g/mol. The van der Waals surface area contributed by atoms with Crippen LogP contribution in [0.25, 0.3) is 0 Å². The summed E-state index contributed by atoms with van der Waals surface area (Å²) in [7, 11) is -3.34. The number of aryl methyl sites for hydroxylation is 1. The number of hydrogen-bond donors (Lipinski definition) is 1. The number of amides is 1. The van der Waals surface area contributed by atoms with Crippen LogP contribution in [0.4, 0.5) is 11.5 Å². The van der Waals surface area contributed by atoms with Gasteiger partial charge in [-0.1, -0.05) is 17.7 Å². The highest BCUT2D eigenvalue weighted by molar-refractivity contribution is 7.92. The summed E-state index contributed by atoms with van der Waals surface area (Å²) in [5.74, 6) is 0.301. The number of sulfone groups is 1. The lowest BCUT2D eigenvalue weighted by Crippen LogP contribution is -2.11. The van der Waals surface area contributed by atoms with E-state index in [-0.39, 0.29) is 10.1 Å². The molecule has 1 aliphatic rings. The molecule has 0 aliphatic carbocycles. The smallest absolute Gasteiger partial charge is 0.265 e. The molecule has 9 heteroatoms. The van der Waals surface area contributed by atoms with E-state index in [4.69, 9.17) is 11.6 Å². The van der Waals surface area contributed by atoms with Crippen molar-refractivity contribution < 1.29 is 13.2 Å². The molecule has 2 aromatic heterocycles. The number of rotatable bonds is 4. The zero-order valence-corrected chi connectivity index (χ0v) is 18.0. The second-order valence-electron chi connectivity index (χ2n) is 6.77. The molecule has 0 saturated heterocycles. The lowest BCUT2D eigenvalue weighted by Gasteiger charge is -2.09. The van der Waals surface area contributed by atoms with Gasteiger partial charge in [-0.15, -0.1) is 11.3 Å². The number of aromatic nitrogens is 1. The van der Waals surface area contributed by atoms with Crippen molar-refractivity contribution in [1.29, 1.82) is 0 Å². The molecule has 1 aliphatic heterocycles. The number of carbonyl (C=O) groups excluding carboxylic acids is 1. The van der Waals surface area contributed by atoms with Gasteiger partial charge in [0, 0.05) is 40.7 Å². The third kappa shape index (κ3) is 4.10. The Morgan fingerprint density at radius 2 is 2.00 bits per heavy atom. The molecule has 3 heterocycles. The summed E-state index contributed by atoms with van der Waals surface area (Å²) in [6, 6.07) is 10.1. The van der Waals surface area contributed by atoms with Crippen molar-refractivity contribution in [3.8, 4) is 0 Å².